The first kappa shape index (κ1) is 8.89. The highest BCUT2D eigenvalue weighted by molar-refractivity contribution is 5.46. The number of nitrogens with zero attached hydrogens (tertiary/aromatic N) is 3. The summed E-state index contributed by atoms with van der Waals surface area (Å²) in [5, 5.41) is 12.8. The van der Waals surface area contributed by atoms with E-state index in [9.17, 15) is 5.11 Å². The van der Waals surface area contributed by atoms with Gasteiger partial charge in [-0.3, -0.25) is 0 Å². The fourth-order valence-corrected chi connectivity index (χ4v) is 1.00. The van der Waals surface area contributed by atoms with E-state index in [1.54, 1.807) is 13.8 Å². The Labute approximate surface area is 79.6 Å². The van der Waals surface area contributed by atoms with Crippen molar-refractivity contribution in [2.75, 3.05) is 0 Å². The monoisotopic (exact) mass is 195 g/mol. The van der Waals surface area contributed by atoms with Crippen LogP contribution in [0.3, 0.4) is 0 Å². The van der Waals surface area contributed by atoms with Crippen LogP contribution >= 0.6 is 0 Å². The van der Waals surface area contributed by atoms with Crippen LogP contribution in [0, 0.1) is 6.92 Å². The van der Waals surface area contributed by atoms with Gasteiger partial charge in [0.2, 0.25) is 11.6 Å². The maximum Gasteiger partial charge on any atom is 0.295 e. The third-order valence-corrected chi connectivity index (χ3v) is 1.76. The molecule has 0 aliphatic heterocycles. The first-order chi connectivity index (χ1) is 6.68. The van der Waals surface area contributed by atoms with Gasteiger partial charge in [-0.2, -0.15) is 4.98 Å². The Bertz CT molecular complexity index is 432. The van der Waals surface area contributed by atoms with Crippen LogP contribution in [0.15, 0.2) is 15.3 Å². The number of oxazole rings is 1. The van der Waals surface area contributed by atoms with Gasteiger partial charge in [0.05, 0.1) is 5.69 Å². The molecule has 0 spiro atoms. The molecule has 2 heterocycles. The lowest BCUT2D eigenvalue weighted by Crippen LogP contribution is -1.92. The quantitative estimate of drug-likeness (QED) is 0.771. The molecule has 1 unspecified atom stereocenters. The molecule has 6 heteroatoms. The normalized spacial score (nSPS) is 13.1. The van der Waals surface area contributed by atoms with Crippen LogP contribution in [0.1, 0.15) is 24.5 Å². The molecule has 2 aromatic heterocycles. The van der Waals surface area contributed by atoms with Gasteiger partial charge in [0, 0.05) is 0 Å². The van der Waals surface area contributed by atoms with Crippen LogP contribution in [-0.2, 0) is 0 Å². The molecule has 2 rings (SSSR count). The van der Waals surface area contributed by atoms with Crippen LogP contribution in [-0.4, -0.2) is 20.2 Å². The van der Waals surface area contributed by atoms with Crippen molar-refractivity contribution in [3.8, 4) is 11.7 Å². The fraction of sp³-hybridized carbons (Fsp3) is 0.375. The van der Waals surface area contributed by atoms with Gasteiger partial charge in [-0.25, -0.2) is 4.98 Å². The molecule has 0 aliphatic rings. The molecule has 0 aliphatic carbocycles. The Balaban J connectivity index is 2.39. The number of rotatable bonds is 2. The van der Waals surface area contributed by atoms with Gasteiger partial charge in [0.25, 0.3) is 5.89 Å². The number of aliphatic hydroxyl groups excluding tert-OH is 1. The topological polar surface area (TPSA) is 85.2 Å². The van der Waals surface area contributed by atoms with Gasteiger partial charge >= 0.3 is 0 Å². The third-order valence-electron chi connectivity index (χ3n) is 1.76. The van der Waals surface area contributed by atoms with Crippen molar-refractivity contribution in [2.24, 2.45) is 0 Å². The number of aromatic nitrogens is 3. The van der Waals surface area contributed by atoms with Crippen molar-refractivity contribution in [3.63, 3.8) is 0 Å². The first-order valence-electron chi connectivity index (χ1n) is 4.10. The predicted molar refractivity (Wildman–Crippen MR) is 45.2 cm³/mol. The highest BCUT2D eigenvalue weighted by atomic mass is 16.5. The lowest BCUT2D eigenvalue weighted by atomic mass is 10.3. The number of aliphatic hydroxyl groups is 1. The van der Waals surface area contributed by atoms with Crippen molar-refractivity contribution in [3.05, 3.63) is 17.9 Å². The summed E-state index contributed by atoms with van der Waals surface area (Å²) in [5.41, 5.74) is 0.672. The molecule has 0 amide bonds. The van der Waals surface area contributed by atoms with Gasteiger partial charge in [-0.15, -0.1) is 0 Å². The zero-order valence-electron chi connectivity index (χ0n) is 7.76. The standard InChI is InChI=1S/C8H9N3O3/c1-4-6(13-3-9-4)8-10-7(5(2)12)11-14-8/h3,5,12H,1-2H3. The Morgan fingerprint density at radius 3 is 2.79 bits per heavy atom. The molecule has 2 aromatic rings. The molecule has 0 fully saturated rings. The summed E-state index contributed by atoms with van der Waals surface area (Å²) < 4.78 is 9.95. The lowest BCUT2D eigenvalue weighted by molar-refractivity contribution is 0.184. The van der Waals surface area contributed by atoms with E-state index < -0.39 is 6.10 Å². The zero-order chi connectivity index (χ0) is 10.1. The Morgan fingerprint density at radius 1 is 1.50 bits per heavy atom. The minimum absolute atomic E-state index is 0.232. The number of hydrogen-bond acceptors (Lipinski definition) is 6. The maximum absolute atomic E-state index is 9.17. The smallest absolute Gasteiger partial charge is 0.295 e. The molecule has 0 radical (unpaired) electrons. The molecular weight excluding hydrogens is 186 g/mol. The highest BCUT2D eigenvalue weighted by Gasteiger charge is 2.17. The van der Waals surface area contributed by atoms with Gasteiger partial charge in [0.15, 0.2) is 6.39 Å². The highest BCUT2D eigenvalue weighted by Crippen LogP contribution is 2.21. The predicted octanol–water partition coefficient (Wildman–Crippen LogP) is 1.09. The summed E-state index contributed by atoms with van der Waals surface area (Å²) in [6.45, 7) is 3.33. The summed E-state index contributed by atoms with van der Waals surface area (Å²) in [5.74, 6) is 0.899. The zero-order valence-corrected chi connectivity index (χ0v) is 7.76. The summed E-state index contributed by atoms with van der Waals surface area (Å²) >= 11 is 0. The maximum atomic E-state index is 9.17. The van der Waals surface area contributed by atoms with E-state index in [0.717, 1.165) is 0 Å². The lowest BCUT2D eigenvalue weighted by Gasteiger charge is -1.91. The second kappa shape index (κ2) is 3.22. The Kier molecular flexibility index (Phi) is 2.05. The van der Waals surface area contributed by atoms with E-state index in [2.05, 4.69) is 15.1 Å². The molecule has 0 saturated heterocycles. The summed E-state index contributed by atoms with van der Waals surface area (Å²) in [7, 11) is 0. The molecule has 0 bridgehead atoms. The van der Waals surface area contributed by atoms with E-state index in [-0.39, 0.29) is 11.7 Å². The van der Waals surface area contributed by atoms with Crippen LogP contribution in [0.25, 0.3) is 11.7 Å². The van der Waals surface area contributed by atoms with E-state index in [1.165, 1.54) is 6.39 Å². The van der Waals surface area contributed by atoms with Gasteiger partial charge in [-0.1, -0.05) is 5.16 Å². The van der Waals surface area contributed by atoms with E-state index >= 15 is 0 Å². The molecule has 74 valence electrons. The second-order valence-corrected chi connectivity index (χ2v) is 2.90. The fourth-order valence-electron chi connectivity index (χ4n) is 1.00. The molecule has 0 saturated carbocycles. The van der Waals surface area contributed by atoms with Crippen molar-refractivity contribution >= 4 is 0 Å². The van der Waals surface area contributed by atoms with Crippen molar-refractivity contribution < 1.29 is 14.0 Å². The molecular formula is C8H9N3O3. The first-order valence-corrected chi connectivity index (χ1v) is 4.10. The molecule has 14 heavy (non-hydrogen) atoms. The Hall–Kier alpha value is -1.69. The number of hydrogen-bond donors (Lipinski definition) is 1. The van der Waals surface area contributed by atoms with E-state index in [1.807, 2.05) is 0 Å². The van der Waals surface area contributed by atoms with E-state index in [4.69, 9.17) is 8.94 Å². The number of aryl methyl sites for hydroxylation is 1. The molecule has 1 atom stereocenters. The summed E-state index contributed by atoms with van der Waals surface area (Å²) in [6, 6.07) is 0. The van der Waals surface area contributed by atoms with Crippen LogP contribution in [0.4, 0.5) is 0 Å². The van der Waals surface area contributed by atoms with Crippen molar-refractivity contribution in [1.82, 2.24) is 15.1 Å². The molecule has 1 N–H and O–H groups in total. The van der Waals surface area contributed by atoms with E-state index in [0.29, 0.717) is 11.5 Å². The van der Waals surface area contributed by atoms with Gasteiger partial charge in [0.1, 0.15) is 6.10 Å². The third kappa shape index (κ3) is 1.39. The van der Waals surface area contributed by atoms with Crippen LogP contribution in [0.5, 0.6) is 0 Å². The minimum Gasteiger partial charge on any atom is -0.438 e. The van der Waals surface area contributed by atoms with Gasteiger partial charge in [-0.05, 0) is 13.8 Å². The minimum atomic E-state index is -0.754. The molecule has 6 nitrogen and oxygen atoms in total. The molecule has 0 aromatic carbocycles. The Morgan fingerprint density at radius 2 is 2.29 bits per heavy atom. The van der Waals surface area contributed by atoms with Gasteiger partial charge < -0.3 is 14.0 Å². The largest absolute Gasteiger partial charge is 0.438 e. The van der Waals surface area contributed by atoms with Crippen molar-refractivity contribution in [2.45, 2.75) is 20.0 Å². The van der Waals surface area contributed by atoms with Crippen LogP contribution in [0.2, 0.25) is 0 Å². The van der Waals surface area contributed by atoms with Crippen molar-refractivity contribution in [1.29, 1.82) is 0 Å². The average molecular weight is 195 g/mol. The second-order valence-electron chi connectivity index (χ2n) is 2.90. The summed E-state index contributed by atoms with van der Waals surface area (Å²) in [4.78, 5) is 7.84. The SMILES string of the molecule is Cc1ncoc1-c1nc(C(C)O)no1. The average Bonchev–Trinajstić information content (AvgIpc) is 2.71. The van der Waals surface area contributed by atoms with Crippen LogP contribution < -0.4 is 0 Å². The summed E-state index contributed by atoms with van der Waals surface area (Å²) in [6.07, 6.45) is 0.549.